The highest BCUT2D eigenvalue weighted by atomic mass is 16.5. The van der Waals surface area contributed by atoms with Crippen molar-refractivity contribution in [3.63, 3.8) is 0 Å². The fourth-order valence-corrected chi connectivity index (χ4v) is 2.10. The van der Waals surface area contributed by atoms with Gasteiger partial charge in [0.1, 0.15) is 6.61 Å². The van der Waals surface area contributed by atoms with Crippen LogP contribution in [-0.2, 0) is 9.53 Å². The molecular formula is C20H28O4. The molecule has 0 amide bonds. The molecule has 0 aliphatic carbocycles. The number of benzene rings is 1. The molecule has 1 aromatic rings. The number of unbranched alkanes of at least 4 members (excludes halogenated alkanes) is 2. The maximum atomic E-state index is 11.6. The van der Waals surface area contributed by atoms with Crippen molar-refractivity contribution in [1.29, 1.82) is 0 Å². The Hall–Kier alpha value is -2.23. The van der Waals surface area contributed by atoms with Crippen molar-refractivity contribution >= 4 is 12.0 Å². The highest BCUT2D eigenvalue weighted by Crippen LogP contribution is 2.26. The molecule has 24 heavy (non-hydrogen) atoms. The second-order valence-electron chi connectivity index (χ2n) is 5.93. The maximum Gasteiger partial charge on any atom is 0.306 e. The van der Waals surface area contributed by atoms with E-state index in [1.54, 1.807) is 24.3 Å². The number of esters is 1. The third-order valence-electron chi connectivity index (χ3n) is 3.38. The topological polar surface area (TPSA) is 55.8 Å². The molecular weight excluding hydrogens is 304 g/mol. The summed E-state index contributed by atoms with van der Waals surface area (Å²) in [6.45, 7) is 4.54. The third-order valence-corrected chi connectivity index (χ3v) is 3.38. The number of ether oxygens (including phenoxy) is 2. The van der Waals surface area contributed by atoms with Crippen LogP contribution in [0, 0.1) is 5.92 Å². The first-order chi connectivity index (χ1) is 11.5. The Bertz CT molecular complexity index is 559. The molecule has 4 heteroatoms. The summed E-state index contributed by atoms with van der Waals surface area (Å²) in [5.74, 6) is 0.927. The van der Waals surface area contributed by atoms with Crippen LogP contribution in [0.3, 0.4) is 0 Å². The van der Waals surface area contributed by atoms with Crippen molar-refractivity contribution in [1.82, 2.24) is 0 Å². The number of carbonyl (C=O) groups excluding carboxylic acids is 1. The first-order valence-corrected chi connectivity index (χ1v) is 8.38. The highest BCUT2D eigenvalue weighted by molar-refractivity contribution is 5.69. The summed E-state index contributed by atoms with van der Waals surface area (Å²) < 4.78 is 10.2. The Labute approximate surface area is 144 Å². The van der Waals surface area contributed by atoms with Gasteiger partial charge < -0.3 is 14.6 Å². The molecule has 1 aromatic carbocycles. The second kappa shape index (κ2) is 11.3. The average molecular weight is 332 g/mol. The normalized spacial score (nSPS) is 11.5. The fraction of sp³-hybridized carbons (Fsp3) is 0.450. The molecule has 0 radical (unpaired) electrons. The van der Waals surface area contributed by atoms with E-state index in [1.807, 2.05) is 6.08 Å². The van der Waals surface area contributed by atoms with Gasteiger partial charge >= 0.3 is 5.97 Å². The van der Waals surface area contributed by atoms with Gasteiger partial charge in [-0.05, 0) is 49.0 Å². The Kier molecular flexibility index (Phi) is 9.35. The zero-order chi connectivity index (χ0) is 17.8. The monoisotopic (exact) mass is 332 g/mol. The van der Waals surface area contributed by atoms with E-state index in [9.17, 15) is 9.90 Å². The van der Waals surface area contributed by atoms with Crippen LogP contribution < -0.4 is 4.74 Å². The molecule has 0 saturated heterocycles. The van der Waals surface area contributed by atoms with Crippen LogP contribution >= 0.6 is 0 Å². The molecule has 0 spiro atoms. The molecule has 1 N–H and O–H groups in total. The molecule has 0 saturated carbocycles. The molecule has 4 nitrogen and oxygen atoms in total. The van der Waals surface area contributed by atoms with Gasteiger partial charge in [0, 0.05) is 6.42 Å². The SMILES string of the molecule is COc1cc(/C=C/COC(=O)CCCC/C=C/C(C)C)ccc1O. The van der Waals surface area contributed by atoms with Gasteiger partial charge in [0.2, 0.25) is 0 Å². The van der Waals surface area contributed by atoms with Gasteiger partial charge in [-0.15, -0.1) is 0 Å². The maximum absolute atomic E-state index is 11.6. The van der Waals surface area contributed by atoms with E-state index in [-0.39, 0.29) is 18.3 Å². The number of phenols is 1. The van der Waals surface area contributed by atoms with Crippen molar-refractivity contribution in [2.45, 2.75) is 39.5 Å². The third kappa shape index (κ3) is 8.42. The van der Waals surface area contributed by atoms with E-state index in [0.29, 0.717) is 18.1 Å². The Balaban J connectivity index is 2.21. The second-order valence-corrected chi connectivity index (χ2v) is 5.93. The Morgan fingerprint density at radius 1 is 1.25 bits per heavy atom. The first-order valence-electron chi connectivity index (χ1n) is 8.38. The van der Waals surface area contributed by atoms with Gasteiger partial charge in [0.15, 0.2) is 11.5 Å². The molecule has 0 heterocycles. The average Bonchev–Trinajstić information content (AvgIpc) is 2.55. The molecule has 0 aromatic heterocycles. The predicted molar refractivity (Wildman–Crippen MR) is 97.1 cm³/mol. The number of aromatic hydroxyl groups is 1. The van der Waals surface area contributed by atoms with Crippen LogP contribution in [0.4, 0.5) is 0 Å². The van der Waals surface area contributed by atoms with Crippen molar-refractivity contribution in [3.05, 3.63) is 42.0 Å². The van der Waals surface area contributed by atoms with Gasteiger partial charge in [-0.3, -0.25) is 4.79 Å². The van der Waals surface area contributed by atoms with E-state index in [0.717, 1.165) is 24.8 Å². The van der Waals surface area contributed by atoms with E-state index >= 15 is 0 Å². The Morgan fingerprint density at radius 3 is 2.75 bits per heavy atom. The molecule has 0 fully saturated rings. The predicted octanol–water partition coefficient (Wildman–Crippen LogP) is 4.73. The zero-order valence-electron chi connectivity index (χ0n) is 14.8. The molecule has 1 rings (SSSR count). The van der Waals surface area contributed by atoms with Gasteiger partial charge in [-0.25, -0.2) is 0 Å². The van der Waals surface area contributed by atoms with Gasteiger partial charge in [0.25, 0.3) is 0 Å². The molecule has 0 aliphatic rings. The number of rotatable bonds is 10. The van der Waals surface area contributed by atoms with E-state index in [1.165, 1.54) is 7.11 Å². The molecule has 0 unspecified atom stereocenters. The van der Waals surface area contributed by atoms with E-state index < -0.39 is 0 Å². The summed E-state index contributed by atoms with van der Waals surface area (Å²) in [5.41, 5.74) is 0.873. The van der Waals surface area contributed by atoms with Crippen LogP contribution in [-0.4, -0.2) is 24.8 Å². The number of allylic oxidation sites excluding steroid dienone is 2. The lowest BCUT2D eigenvalue weighted by molar-refractivity contribution is -0.142. The summed E-state index contributed by atoms with van der Waals surface area (Å²) >= 11 is 0. The lowest BCUT2D eigenvalue weighted by Crippen LogP contribution is -2.03. The van der Waals surface area contributed by atoms with Gasteiger partial charge in [-0.2, -0.15) is 0 Å². The lowest BCUT2D eigenvalue weighted by atomic mass is 10.1. The van der Waals surface area contributed by atoms with Crippen LogP contribution in [0.1, 0.15) is 45.1 Å². The summed E-state index contributed by atoms with van der Waals surface area (Å²) in [6, 6.07) is 5.05. The van der Waals surface area contributed by atoms with Gasteiger partial charge in [0.05, 0.1) is 7.11 Å². The van der Waals surface area contributed by atoms with E-state index in [4.69, 9.17) is 9.47 Å². The summed E-state index contributed by atoms with van der Waals surface area (Å²) in [7, 11) is 1.50. The van der Waals surface area contributed by atoms with E-state index in [2.05, 4.69) is 26.0 Å². The minimum atomic E-state index is -0.171. The minimum Gasteiger partial charge on any atom is -0.504 e. The molecule has 0 bridgehead atoms. The van der Waals surface area contributed by atoms with Gasteiger partial charge in [-0.1, -0.05) is 38.1 Å². The number of hydrogen-bond acceptors (Lipinski definition) is 4. The molecule has 0 atom stereocenters. The minimum absolute atomic E-state index is 0.101. The lowest BCUT2D eigenvalue weighted by Gasteiger charge is -2.04. The van der Waals surface area contributed by atoms with Crippen LogP contribution in [0.5, 0.6) is 11.5 Å². The standard InChI is InChI=1S/C20H28O4/c1-16(2)9-6-4-5-7-11-20(22)24-14-8-10-17-12-13-18(21)19(15-17)23-3/h6,8-10,12-13,15-16,21H,4-5,7,11,14H2,1-3H3/b9-6+,10-8+. The first kappa shape index (κ1) is 19.8. The number of methoxy groups -OCH3 is 1. The molecule has 132 valence electrons. The van der Waals surface area contributed by atoms with Crippen molar-refractivity contribution < 1.29 is 19.4 Å². The largest absolute Gasteiger partial charge is 0.504 e. The number of hydrogen-bond donors (Lipinski definition) is 1. The summed E-state index contributed by atoms with van der Waals surface area (Å²) in [5, 5.41) is 9.52. The smallest absolute Gasteiger partial charge is 0.306 e. The summed E-state index contributed by atoms with van der Waals surface area (Å²) in [6.07, 6.45) is 11.3. The summed E-state index contributed by atoms with van der Waals surface area (Å²) in [4.78, 5) is 11.6. The highest BCUT2D eigenvalue weighted by Gasteiger charge is 2.02. The molecule has 0 aliphatic heterocycles. The number of carbonyl (C=O) groups is 1. The van der Waals surface area contributed by atoms with Crippen molar-refractivity contribution in [3.8, 4) is 11.5 Å². The van der Waals surface area contributed by atoms with Crippen LogP contribution in [0.15, 0.2) is 36.4 Å². The van der Waals surface area contributed by atoms with Crippen LogP contribution in [0.2, 0.25) is 0 Å². The van der Waals surface area contributed by atoms with Crippen molar-refractivity contribution in [2.75, 3.05) is 13.7 Å². The quantitative estimate of drug-likeness (QED) is 0.382. The Morgan fingerprint density at radius 2 is 2.04 bits per heavy atom. The van der Waals surface area contributed by atoms with Crippen LogP contribution in [0.25, 0.3) is 6.08 Å². The van der Waals surface area contributed by atoms with Crippen molar-refractivity contribution in [2.24, 2.45) is 5.92 Å². The number of phenolic OH excluding ortho intramolecular Hbond substituents is 1. The fourth-order valence-electron chi connectivity index (χ4n) is 2.10. The zero-order valence-corrected chi connectivity index (χ0v) is 14.8.